The van der Waals surface area contributed by atoms with E-state index in [2.05, 4.69) is 116 Å². The maximum absolute atomic E-state index is 11.9. The summed E-state index contributed by atoms with van der Waals surface area (Å²) in [5.41, 5.74) is 6.91. The number of nitro groups is 1. The van der Waals surface area contributed by atoms with Gasteiger partial charge in [0.05, 0.1) is 66.2 Å². The van der Waals surface area contributed by atoms with Crippen molar-refractivity contribution < 1.29 is 137 Å². The van der Waals surface area contributed by atoms with Crippen molar-refractivity contribution in [3.05, 3.63) is 123 Å². The van der Waals surface area contributed by atoms with Crippen molar-refractivity contribution in [3.8, 4) is 0 Å². The van der Waals surface area contributed by atoms with E-state index in [1.54, 1.807) is 12.1 Å². The number of alkyl halides is 2. The minimum atomic E-state index is -3.94. The predicted molar refractivity (Wildman–Crippen MR) is 427 cm³/mol. The average Bonchev–Trinajstić information content (AvgIpc) is 1.67. The minimum absolute atomic E-state index is 0.00762. The molecule has 620 valence electrons. The van der Waals surface area contributed by atoms with Gasteiger partial charge in [0, 0.05) is 94.7 Å². The van der Waals surface area contributed by atoms with Crippen LogP contribution in [0, 0.1) is 24.0 Å². The molecule has 0 bridgehead atoms. The van der Waals surface area contributed by atoms with Crippen LogP contribution in [0.15, 0.2) is 108 Å². The van der Waals surface area contributed by atoms with E-state index >= 15 is 0 Å². The number of nitrogens with zero attached hydrogens (tertiary/aromatic N) is 11. The van der Waals surface area contributed by atoms with Gasteiger partial charge in [-0.15, -0.1) is 0 Å². The van der Waals surface area contributed by atoms with Crippen LogP contribution in [0.25, 0.3) is 11.0 Å². The topological polar surface area (TPSA) is 604 Å². The number of aliphatic imine (C=N–C) groups is 3. The number of rotatable bonds is 17. The molecular weight excluding hydrogens is 2010 g/mol. The van der Waals surface area contributed by atoms with Crippen LogP contribution in [-0.4, -0.2) is 300 Å². The fourth-order valence-electron chi connectivity index (χ4n) is 8.54. The van der Waals surface area contributed by atoms with E-state index in [0.29, 0.717) is 26.6 Å². The van der Waals surface area contributed by atoms with Crippen LogP contribution in [0.2, 0.25) is 0 Å². The Kier molecular flexibility index (Phi) is 43.2. The Hall–Kier alpha value is -9.89. The number of imide groups is 7. The molecule has 9 N–H and O–H groups in total. The molecule has 8 heterocycles. The number of hydrogen-bond acceptors (Lipinski definition) is 28. The van der Waals surface area contributed by atoms with E-state index in [1.165, 1.54) is 109 Å². The number of nitrogens with two attached hydrogens (primary N) is 1. The monoisotopic (exact) mass is 2090 g/mol. The Morgan fingerprint density at radius 1 is 0.670 bits per heavy atom. The number of nitro benzene ring substituents is 1. The molecule has 4 fully saturated rings. The summed E-state index contributed by atoms with van der Waals surface area (Å²) >= 11 is 10.4. The number of benzene rings is 3. The third-order valence-electron chi connectivity index (χ3n) is 15.1. The van der Waals surface area contributed by atoms with E-state index in [9.17, 15) is 100 Å². The SMILES string of the molecule is CN1C(=O)N=C(CI)C1=O.CN1C(=O)N=C(Cc2c([N+](=O)[O-])ccc3oc(=O)ccc23)C1=O.CN1C(=O)NC(CI)C1=O.CN1C(=O)NC(CO)C1=O.CN1C(=O)NC(COBr)C1=O.CNC(=O)OC.Cc1ccc(S(=O)(=O)OCC2NC(=O)N(C)C2=O)cc1.NC(COCc1ccccc1)C(=O)O.[CH2-]C1=NC(=O)N(C)C1=O.[Zn+][I]. The number of nitrogens with one attached hydrogen (secondary N) is 5. The number of aliphatic carboxylic acids is 1. The third-order valence-corrected chi connectivity index (χ3v) is 18.2. The first-order chi connectivity index (χ1) is 54.0. The van der Waals surface area contributed by atoms with Gasteiger partial charge in [-0.05, 0) is 42.5 Å². The van der Waals surface area contributed by atoms with Crippen LogP contribution in [0.1, 0.15) is 16.7 Å². The Morgan fingerprint density at radius 2 is 1.12 bits per heavy atom. The molecule has 1 aromatic heterocycles. The summed E-state index contributed by atoms with van der Waals surface area (Å²) < 4.78 is 48.6. The number of alkyl carbamates (subject to hydrolysis) is 1. The Bertz CT molecular complexity index is 4540. The van der Waals surface area contributed by atoms with Gasteiger partial charge < -0.3 is 69.9 Å². The van der Waals surface area contributed by atoms with Gasteiger partial charge in [0.1, 0.15) is 53.1 Å². The fraction of sp³-hybridized carbons (Fsp3) is 0.359. The fourth-order valence-corrected chi connectivity index (χ4v) is 10.8. The number of carboxylic acid groups (broad SMARTS) is 1. The molecule has 22 amide bonds. The molecule has 0 aliphatic carbocycles. The van der Waals surface area contributed by atoms with Crippen LogP contribution in [-0.2, 0) is 93.8 Å². The van der Waals surface area contributed by atoms with Gasteiger partial charge in [0.15, 0.2) is 0 Å². The second-order valence-electron chi connectivity index (χ2n) is 22.9. The maximum atomic E-state index is 11.9. The van der Waals surface area contributed by atoms with Gasteiger partial charge in [0.25, 0.3) is 51.2 Å². The van der Waals surface area contributed by atoms with Gasteiger partial charge in [-0.1, -0.05) is 93.2 Å². The van der Waals surface area contributed by atoms with Gasteiger partial charge >= 0.3 is 94.4 Å². The molecule has 0 radical (unpaired) electrons. The molecule has 51 heteroatoms. The Balaban J connectivity index is 0.000000450. The molecule has 4 aromatic rings. The summed E-state index contributed by atoms with van der Waals surface area (Å²) in [5.74, 6) is -3.66. The van der Waals surface area contributed by atoms with Crippen molar-refractivity contribution in [2.24, 2.45) is 20.7 Å². The zero-order chi connectivity index (χ0) is 87.6. The van der Waals surface area contributed by atoms with Crippen LogP contribution in [0.3, 0.4) is 0 Å². The second kappa shape index (κ2) is 49.1. The summed E-state index contributed by atoms with van der Waals surface area (Å²) in [6.45, 7) is 4.90. The molecule has 7 aliphatic rings. The van der Waals surface area contributed by atoms with E-state index in [-0.39, 0.29) is 101 Å². The number of urea groups is 7. The predicted octanol–water partition coefficient (Wildman–Crippen LogP) is 1.67. The Morgan fingerprint density at radius 3 is 1.45 bits per heavy atom. The van der Waals surface area contributed by atoms with Crippen molar-refractivity contribution >= 4 is 221 Å². The molecule has 3 aromatic carbocycles. The normalized spacial score (nSPS) is 18.0. The standard InChI is InChI=1S/C14H9N3O6.C12H14N2O5S.C10H13NO3.C5H7BrN2O3.C5H7IN2O2.C5H5IN2O2.C5H8N2O3.C5H5N2O2.C3H7NO2.HI.Zn/c1-16-13(19)9(15-14(16)20)6-8-7-2-5-12(18)23-11(7)4-3-10(8)17(21)22;1-8-3-5-9(6-4-8)20(17,18)19-7-10-11(15)14(2)12(16)13-10;11-9(10(12)13)7-14-6-8-4-2-1-3-5-8;1-8-4(9)3(2-11-6)7-5(8)10;2*1-8-4(9)3(2-6)7-5(8)10;1-7-4(9)3(2-8)6-5(7)10;1-3-4(8)7(2)5(9)6-3;1-4-3(5)6-2;;/h2-5H,6H2,1H3;3-6,10H,7H2,1-2H3,(H,13,16);1-5,9H,6-7,11H2,(H,12,13);3H,2H2,1H3,(H,7,10);3H,2H2,1H3,(H,7,10);2H2,1H3;3,8H,2H2,1H3,(H,6,10);1H2,2H3;1-2H3,(H,4,5);1H;/q;;;;;;;-1;;;+2/p-1. The van der Waals surface area contributed by atoms with Gasteiger partial charge in [-0.2, -0.15) is 18.4 Å². The van der Waals surface area contributed by atoms with Crippen molar-refractivity contribution in [1.29, 1.82) is 0 Å². The summed E-state index contributed by atoms with van der Waals surface area (Å²) in [6.07, 6.45) is -0.619. The number of carbonyl (C=O) groups is 16. The summed E-state index contributed by atoms with van der Waals surface area (Å²) in [4.78, 5) is 213. The van der Waals surface area contributed by atoms with Crippen LogP contribution >= 0.6 is 81.2 Å². The molecule has 11 rings (SSSR count). The number of aliphatic hydroxyl groups excluding tert-OH is 1. The zero-order valence-electron chi connectivity index (χ0n) is 62.4. The number of aryl methyl sites for hydroxylation is 1. The van der Waals surface area contributed by atoms with E-state index in [0.717, 1.165) is 51.5 Å². The average molecular weight is 2090 g/mol. The summed E-state index contributed by atoms with van der Waals surface area (Å²) in [7, 11) is 8.52. The van der Waals surface area contributed by atoms with Crippen molar-refractivity contribution in [1.82, 2.24) is 60.9 Å². The molecular formula is C64H75BrI3N17O28SZn. The number of ether oxygens (including phenoxy) is 2. The Labute approximate surface area is 710 Å². The van der Waals surface area contributed by atoms with Gasteiger partial charge in [-0.3, -0.25) is 77.3 Å². The van der Waals surface area contributed by atoms with E-state index in [1.807, 2.05) is 59.8 Å². The number of halogens is 4. The number of fused-ring (bicyclic) bond motifs is 1. The zero-order valence-corrected chi connectivity index (χ0v) is 74.2. The molecule has 45 nitrogen and oxygen atoms in total. The number of carboxylic acids is 1. The van der Waals surface area contributed by atoms with Crippen molar-refractivity contribution in [3.63, 3.8) is 0 Å². The quantitative estimate of drug-likeness (QED) is 0.00858. The third kappa shape index (κ3) is 30.4. The van der Waals surface area contributed by atoms with Gasteiger partial charge in [0.2, 0.25) is 0 Å². The first-order valence-electron chi connectivity index (χ1n) is 32.1. The summed E-state index contributed by atoms with van der Waals surface area (Å²) in [6, 6.07) is 13.7. The molecule has 4 saturated heterocycles. The number of hydrogen-bond donors (Lipinski definition) is 8. The van der Waals surface area contributed by atoms with Gasteiger partial charge in [-0.25, -0.2) is 55.1 Å². The van der Waals surface area contributed by atoms with E-state index < -0.39 is 111 Å². The van der Waals surface area contributed by atoms with Crippen LogP contribution < -0.4 is 37.9 Å². The molecule has 5 atom stereocenters. The van der Waals surface area contributed by atoms with Crippen molar-refractivity contribution in [2.75, 3.05) is 98.8 Å². The molecule has 0 spiro atoms. The second-order valence-corrected chi connectivity index (χ2v) is 26.6. The van der Waals surface area contributed by atoms with Crippen LogP contribution in [0.5, 0.6) is 0 Å². The summed E-state index contributed by atoms with van der Waals surface area (Å²) in [5, 5.41) is 40.4. The van der Waals surface area contributed by atoms with Crippen LogP contribution in [0.4, 0.5) is 44.0 Å². The molecule has 115 heavy (non-hydrogen) atoms. The number of aliphatic hydroxyl groups is 1. The number of amides is 22. The van der Waals surface area contributed by atoms with Crippen molar-refractivity contribution in [2.45, 2.75) is 55.1 Å². The molecule has 5 unspecified atom stereocenters. The molecule has 7 aliphatic heterocycles. The number of methoxy groups -OCH3 is 1. The first kappa shape index (κ1) is 101. The van der Waals surface area contributed by atoms with E-state index in [4.69, 9.17) is 29.3 Å². The number of likely N-dealkylation sites (N-methyl/N-ethyl adjacent to an activating group) is 4. The molecule has 0 saturated carbocycles. The number of carbonyl (C=O) groups excluding carboxylic acids is 15. The first-order valence-corrected chi connectivity index (χ1v) is 46.2.